The third-order valence-corrected chi connectivity index (χ3v) is 4.42. The first kappa shape index (κ1) is 15.0. The lowest BCUT2D eigenvalue weighted by Crippen LogP contribution is -2.17. The quantitative estimate of drug-likeness (QED) is 0.563. The summed E-state index contributed by atoms with van der Waals surface area (Å²) in [6, 6.07) is 12.6. The molecule has 1 N–H and O–H groups in total. The maximum atomic E-state index is 12.0. The predicted octanol–water partition coefficient (Wildman–Crippen LogP) is 4.37. The molecule has 22 heavy (non-hydrogen) atoms. The number of hydrogen-bond donors (Lipinski definition) is 1. The van der Waals surface area contributed by atoms with E-state index >= 15 is 0 Å². The van der Waals surface area contributed by atoms with Crippen LogP contribution in [0, 0.1) is 0 Å². The summed E-state index contributed by atoms with van der Waals surface area (Å²) in [6.07, 6.45) is 1.46. The van der Waals surface area contributed by atoms with Gasteiger partial charge in [0.05, 0.1) is 21.5 Å². The smallest absolute Gasteiger partial charge is 0.265 e. The maximum Gasteiger partial charge on any atom is 0.300 e. The highest BCUT2D eigenvalue weighted by atomic mass is 35.5. The molecule has 0 saturated heterocycles. The molecule has 0 aliphatic heterocycles. The first-order valence-corrected chi connectivity index (χ1v) is 7.85. The summed E-state index contributed by atoms with van der Waals surface area (Å²) in [5.41, 5.74) is 3.89. The molecular weight excluding hydrogens is 341 g/mol. The van der Waals surface area contributed by atoms with Crippen LogP contribution in [-0.2, 0) is 0 Å². The summed E-state index contributed by atoms with van der Waals surface area (Å²) >= 11 is 13.1. The number of nitrogens with one attached hydrogen (secondary N) is 1. The van der Waals surface area contributed by atoms with Crippen molar-refractivity contribution in [2.45, 2.75) is 0 Å². The van der Waals surface area contributed by atoms with Gasteiger partial charge in [0.15, 0.2) is 5.01 Å². The van der Waals surface area contributed by atoms with Crippen molar-refractivity contribution in [1.82, 2.24) is 10.4 Å². The minimum atomic E-state index is -0.359. The average Bonchev–Trinajstić information content (AvgIpc) is 2.93. The Labute approximate surface area is 140 Å². The summed E-state index contributed by atoms with van der Waals surface area (Å²) in [5.74, 6) is -0.359. The molecule has 4 nitrogen and oxygen atoms in total. The second-order valence-electron chi connectivity index (χ2n) is 4.35. The van der Waals surface area contributed by atoms with E-state index in [9.17, 15) is 4.79 Å². The van der Waals surface area contributed by atoms with E-state index in [0.29, 0.717) is 20.6 Å². The van der Waals surface area contributed by atoms with E-state index in [1.54, 1.807) is 18.2 Å². The number of rotatable bonds is 3. The van der Waals surface area contributed by atoms with Crippen molar-refractivity contribution in [3.63, 3.8) is 0 Å². The van der Waals surface area contributed by atoms with Gasteiger partial charge in [-0.1, -0.05) is 41.4 Å². The van der Waals surface area contributed by atoms with Crippen LogP contribution >= 0.6 is 34.5 Å². The molecule has 0 radical (unpaired) electrons. The number of nitrogens with zero attached hydrogens (tertiary/aromatic N) is 2. The third-order valence-electron chi connectivity index (χ3n) is 2.82. The van der Waals surface area contributed by atoms with Gasteiger partial charge in [-0.2, -0.15) is 5.10 Å². The first-order chi connectivity index (χ1) is 10.6. The zero-order valence-electron chi connectivity index (χ0n) is 11.1. The molecule has 0 spiro atoms. The lowest BCUT2D eigenvalue weighted by atomic mass is 10.2. The molecule has 1 heterocycles. The summed E-state index contributed by atoms with van der Waals surface area (Å²) in [7, 11) is 0. The number of aromatic nitrogens is 1. The minimum absolute atomic E-state index is 0.359. The van der Waals surface area contributed by atoms with E-state index < -0.39 is 0 Å². The van der Waals surface area contributed by atoms with Crippen molar-refractivity contribution in [1.29, 1.82) is 0 Å². The van der Waals surface area contributed by atoms with Gasteiger partial charge in [0.2, 0.25) is 0 Å². The minimum Gasteiger partial charge on any atom is -0.265 e. The number of hydrazone groups is 1. The van der Waals surface area contributed by atoms with Crippen molar-refractivity contribution in [2.24, 2.45) is 5.10 Å². The van der Waals surface area contributed by atoms with Gasteiger partial charge in [0, 0.05) is 10.6 Å². The number of fused-ring (bicyclic) bond motifs is 1. The highest BCUT2D eigenvalue weighted by molar-refractivity contribution is 7.20. The van der Waals surface area contributed by atoms with E-state index in [1.165, 1.54) is 17.6 Å². The molecule has 0 saturated carbocycles. The molecule has 110 valence electrons. The highest BCUT2D eigenvalue weighted by Crippen LogP contribution is 2.21. The van der Waals surface area contributed by atoms with Crippen molar-refractivity contribution in [3.8, 4) is 0 Å². The lowest BCUT2D eigenvalue weighted by Gasteiger charge is -1.98. The first-order valence-electron chi connectivity index (χ1n) is 6.27. The summed E-state index contributed by atoms with van der Waals surface area (Å²) in [4.78, 5) is 16.3. The number of benzene rings is 2. The van der Waals surface area contributed by atoms with Crippen molar-refractivity contribution >= 4 is 56.9 Å². The van der Waals surface area contributed by atoms with Crippen LogP contribution in [0.25, 0.3) is 10.2 Å². The Bertz CT molecular complexity index is 843. The molecule has 3 aromatic rings. The van der Waals surface area contributed by atoms with E-state index in [2.05, 4.69) is 15.5 Å². The molecule has 3 rings (SSSR count). The number of carbonyl (C=O) groups excluding carboxylic acids is 1. The molecule has 0 aliphatic carbocycles. The molecule has 0 fully saturated rings. The Morgan fingerprint density at radius 1 is 1.23 bits per heavy atom. The van der Waals surface area contributed by atoms with E-state index in [1.807, 2.05) is 24.3 Å². The molecule has 7 heteroatoms. The van der Waals surface area contributed by atoms with Crippen LogP contribution in [-0.4, -0.2) is 17.1 Å². The average molecular weight is 350 g/mol. The van der Waals surface area contributed by atoms with Gasteiger partial charge in [-0.25, -0.2) is 10.4 Å². The molecule has 0 atom stereocenters. The SMILES string of the molecule is O=C(NN=Cc1ccc(Cl)cc1Cl)c1nc2ccccc2s1. The van der Waals surface area contributed by atoms with Crippen LogP contribution in [0.15, 0.2) is 47.6 Å². The normalized spacial score (nSPS) is 11.2. The van der Waals surface area contributed by atoms with Gasteiger partial charge in [0.1, 0.15) is 0 Å². The molecule has 1 aromatic heterocycles. The van der Waals surface area contributed by atoms with Crippen LogP contribution in [0.2, 0.25) is 10.0 Å². The number of thiazole rings is 1. The van der Waals surface area contributed by atoms with E-state index in [4.69, 9.17) is 23.2 Å². The second-order valence-corrected chi connectivity index (χ2v) is 6.23. The van der Waals surface area contributed by atoms with Gasteiger partial charge in [-0.15, -0.1) is 11.3 Å². The van der Waals surface area contributed by atoms with Crippen molar-refractivity contribution in [3.05, 3.63) is 63.1 Å². The van der Waals surface area contributed by atoms with Crippen LogP contribution < -0.4 is 5.43 Å². The van der Waals surface area contributed by atoms with E-state index in [0.717, 1.165) is 10.2 Å². The molecule has 2 aromatic carbocycles. The second kappa shape index (κ2) is 6.44. The highest BCUT2D eigenvalue weighted by Gasteiger charge is 2.10. The van der Waals surface area contributed by atoms with Crippen LogP contribution in [0.3, 0.4) is 0 Å². The monoisotopic (exact) mass is 349 g/mol. The van der Waals surface area contributed by atoms with Crippen LogP contribution in [0.4, 0.5) is 0 Å². The topological polar surface area (TPSA) is 54.4 Å². The van der Waals surface area contributed by atoms with Crippen molar-refractivity contribution < 1.29 is 4.79 Å². The molecule has 0 aliphatic rings. The standard InChI is InChI=1S/C15H9Cl2N3OS/c16-10-6-5-9(11(17)7-10)8-18-20-14(21)15-19-12-3-1-2-4-13(12)22-15/h1-8H,(H,20,21). The molecular formula is C15H9Cl2N3OS. The molecule has 0 bridgehead atoms. The Balaban J connectivity index is 1.72. The van der Waals surface area contributed by atoms with Gasteiger partial charge >= 0.3 is 0 Å². The molecule has 1 amide bonds. The zero-order chi connectivity index (χ0) is 15.5. The fraction of sp³-hybridized carbons (Fsp3) is 0. The number of amides is 1. The largest absolute Gasteiger partial charge is 0.300 e. The van der Waals surface area contributed by atoms with Crippen LogP contribution in [0.5, 0.6) is 0 Å². The van der Waals surface area contributed by atoms with Gasteiger partial charge in [-0.3, -0.25) is 4.79 Å². The third kappa shape index (κ3) is 3.27. The zero-order valence-corrected chi connectivity index (χ0v) is 13.4. The van der Waals surface area contributed by atoms with E-state index in [-0.39, 0.29) is 5.91 Å². The number of carbonyl (C=O) groups is 1. The van der Waals surface area contributed by atoms with Crippen LogP contribution in [0.1, 0.15) is 15.4 Å². The van der Waals surface area contributed by atoms with Crippen molar-refractivity contribution in [2.75, 3.05) is 0 Å². The Morgan fingerprint density at radius 2 is 2.05 bits per heavy atom. The number of para-hydroxylation sites is 1. The molecule has 0 unspecified atom stereocenters. The fourth-order valence-electron chi connectivity index (χ4n) is 1.78. The van der Waals surface area contributed by atoms with Gasteiger partial charge < -0.3 is 0 Å². The van der Waals surface area contributed by atoms with Gasteiger partial charge in [0.25, 0.3) is 5.91 Å². The number of halogens is 2. The Hall–Kier alpha value is -1.95. The summed E-state index contributed by atoms with van der Waals surface area (Å²) < 4.78 is 0.956. The van der Waals surface area contributed by atoms with Gasteiger partial charge in [-0.05, 0) is 24.3 Å². The predicted molar refractivity (Wildman–Crippen MR) is 91.1 cm³/mol. The Morgan fingerprint density at radius 3 is 2.82 bits per heavy atom. The lowest BCUT2D eigenvalue weighted by molar-refractivity contribution is 0.0955. The fourth-order valence-corrected chi connectivity index (χ4v) is 3.10. The Kier molecular flexibility index (Phi) is 4.38. The summed E-state index contributed by atoms with van der Waals surface area (Å²) in [6.45, 7) is 0. The summed E-state index contributed by atoms with van der Waals surface area (Å²) in [5, 5.41) is 5.26. The maximum absolute atomic E-state index is 12.0. The number of hydrogen-bond acceptors (Lipinski definition) is 4.